The van der Waals surface area contributed by atoms with Crippen LogP contribution in [-0.2, 0) is 16.6 Å². The van der Waals surface area contributed by atoms with Crippen molar-refractivity contribution in [2.75, 3.05) is 0 Å². The number of hydrogen-bond donors (Lipinski definition) is 1. The highest BCUT2D eigenvalue weighted by Crippen LogP contribution is 2.16. The Bertz CT molecular complexity index is 908. The second-order valence-electron chi connectivity index (χ2n) is 5.42. The lowest BCUT2D eigenvalue weighted by molar-refractivity contribution is 0.446. The van der Waals surface area contributed by atoms with Crippen LogP contribution < -0.4 is 4.72 Å². The van der Waals surface area contributed by atoms with Crippen molar-refractivity contribution >= 4 is 16.1 Å². The Morgan fingerprint density at radius 1 is 0.960 bits per heavy atom. The van der Waals surface area contributed by atoms with Crippen LogP contribution in [0.4, 0.5) is 0 Å². The van der Waals surface area contributed by atoms with Crippen molar-refractivity contribution in [3.63, 3.8) is 0 Å². The lowest BCUT2D eigenvalue weighted by atomic mass is 10.1. The zero-order chi connectivity index (χ0) is 17.5. The SMILES string of the molecule is O=S(=O)(/C=C/c1ccccc1)NC(Cn1nccn1)c1ccccc1. The number of hydrogen-bond acceptors (Lipinski definition) is 4. The summed E-state index contributed by atoms with van der Waals surface area (Å²) >= 11 is 0. The predicted octanol–water partition coefficient (Wildman–Crippen LogP) is 2.61. The van der Waals surface area contributed by atoms with Gasteiger partial charge in [-0.1, -0.05) is 60.7 Å². The van der Waals surface area contributed by atoms with Gasteiger partial charge in [0.2, 0.25) is 10.0 Å². The molecule has 7 heteroatoms. The first-order chi connectivity index (χ1) is 12.1. The first kappa shape index (κ1) is 17.1. The summed E-state index contributed by atoms with van der Waals surface area (Å²) in [4.78, 5) is 1.46. The second-order valence-corrected chi connectivity index (χ2v) is 7.02. The van der Waals surface area contributed by atoms with Gasteiger partial charge in [-0.3, -0.25) is 0 Å². The fraction of sp³-hybridized carbons (Fsp3) is 0.111. The molecular weight excluding hydrogens is 336 g/mol. The quantitative estimate of drug-likeness (QED) is 0.707. The van der Waals surface area contributed by atoms with Crippen LogP contribution in [0.3, 0.4) is 0 Å². The fourth-order valence-electron chi connectivity index (χ4n) is 2.37. The van der Waals surface area contributed by atoms with Gasteiger partial charge in [0, 0.05) is 5.41 Å². The van der Waals surface area contributed by atoms with Crippen molar-refractivity contribution in [1.29, 1.82) is 0 Å². The van der Waals surface area contributed by atoms with Crippen molar-refractivity contribution < 1.29 is 8.42 Å². The molecule has 0 saturated heterocycles. The monoisotopic (exact) mass is 354 g/mol. The Morgan fingerprint density at radius 3 is 2.20 bits per heavy atom. The number of benzene rings is 2. The van der Waals surface area contributed by atoms with Gasteiger partial charge in [-0.2, -0.15) is 15.0 Å². The molecule has 2 aromatic carbocycles. The molecule has 25 heavy (non-hydrogen) atoms. The molecule has 0 bridgehead atoms. The summed E-state index contributed by atoms with van der Waals surface area (Å²) in [5, 5.41) is 9.29. The maximum absolute atomic E-state index is 12.5. The van der Waals surface area contributed by atoms with E-state index in [-0.39, 0.29) is 0 Å². The van der Waals surface area contributed by atoms with Crippen LogP contribution in [0.2, 0.25) is 0 Å². The van der Waals surface area contributed by atoms with Crippen LogP contribution in [0.1, 0.15) is 17.2 Å². The maximum atomic E-state index is 12.5. The van der Waals surface area contributed by atoms with Crippen LogP contribution in [0.15, 0.2) is 78.5 Å². The standard InChI is InChI=1S/C18H18N4O2S/c23-25(24,14-11-16-7-3-1-4-8-16)21-18(15-22-19-12-13-20-22)17-9-5-2-6-10-17/h1-14,18,21H,15H2/b14-11+. The minimum absolute atomic E-state index is 0.301. The molecule has 0 radical (unpaired) electrons. The molecule has 1 unspecified atom stereocenters. The molecule has 0 spiro atoms. The number of sulfonamides is 1. The molecule has 1 aromatic heterocycles. The van der Waals surface area contributed by atoms with E-state index >= 15 is 0 Å². The number of nitrogens with one attached hydrogen (secondary N) is 1. The van der Waals surface area contributed by atoms with E-state index < -0.39 is 16.1 Å². The van der Waals surface area contributed by atoms with Crippen molar-refractivity contribution in [2.45, 2.75) is 12.6 Å². The predicted molar refractivity (Wildman–Crippen MR) is 96.7 cm³/mol. The summed E-state index contributed by atoms with van der Waals surface area (Å²) in [5.41, 5.74) is 1.66. The van der Waals surface area contributed by atoms with E-state index in [0.29, 0.717) is 6.54 Å². The fourth-order valence-corrected chi connectivity index (χ4v) is 3.39. The van der Waals surface area contributed by atoms with E-state index in [1.165, 1.54) is 10.2 Å². The van der Waals surface area contributed by atoms with Gasteiger partial charge in [-0.15, -0.1) is 0 Å². The Morgan fingerprint density at radius 2 is 1.56 bits per heavy atom. The highest BCUT2D eigenvalue weighted by Gasteiger charge is 2.18. The van der Waals surface area contributed by atoms with Crippen molar-refractivity contribution in [1.82, 2.24) is 19.7 Å². The third-order valence-electron chi connectivity index (χ3n) is 3.56. The molecule has 0 saturated carbocycles. The average Bonchev–Trinajstić information content (AvgIpc) is 3.14. The Labute approximate surface area is 146 Å². The van der Waals surface area contributed by atoms with Crippen LogP contribution in [0, 0.1) is 0 Å². The van der Waals surface area contributed by atoms with Gasteiger partial charge in [0.25, 0.3) is 0 Å². The smallest absolute Gasteiger partial charge is 0.208 e. The van der Waals surface area contributed by atoms with Gasteiger partial charge < -0.3 is 0 Å². The molecule has 1 atom stereocenters. The summed E-state index contributed by atoms with van der Waals surface area (Å²) in [6, 6.07) is 18.2. The van der Waals surface area contributed by atoms with Crippen LogP contribution in [0.25, 0.3) is 6.08 Å². The highest BCUT2D eigenvalue weighted by atomic mass is 32.2. The molecular formula is C18H18N4O2S. The Hall–Kier alpha value is -2.77. The van der Waals surface area contributed by atoms with Gasteiger partial charge in [0.05, 0.1) is 25.0 Å². The molecule has 0 aliphatic carbocycles. The molecule has 6 nitrogen and oxygen atoms in total. The van der Waals surface area contributed by atoms with E-state index in [2.05, 4.69) is 14.9 Å². The lowest BCUT2D eigenvalue weighted by Gasteiger charge is -2.17. The average molecular weight is 354 g/mol. The van der Waals surface area contributed by atoms with Crippen LogP contribution in [-0.4, -0.2) is 23.4 Å². The topological polar surface area (TPSA) is 76.9 Å². The summed E-state index contributed by atoms with van der Waals surface area (Å²) in [6.07, 6.45) is 4.69. The summed E-state index contributed by atoms with van der Waals surface area (Å²) in [5.74, 6) is 0. The zero-order valence-corrected chi connectivity index (χ0v) is 14.3. The van der Waals surface area contributed by atoms with Gasteiger partial charge in [-0.05, 0) is 17.2 Å². The molecule has 0 amide bonds. The van der Waals surface area contributed by atoms with Crippen molar-refractivity contribution in [2.24, 2.45) is 0 Å². The molecule has 128 valence electrons. The summed E-state index contributed by atoms with van der Waals surface area (Å²) in [6.45, 7) is 0.301. The lowest BCUT2D eigenvalue weighted by Crippen LogP contribution is -2.30. The van der Waals surface area contributed by atoms with E-state index in [9.17, 15) is 8.42 Å². The summed E-state index contributed by atoms with van der Waals surface area (Å²) < 4.78 is 27.6. The molecule has 3 aromatic rings. The van der Waals surface area contributed by atoms with Crippen molar-refractivity contribution in [3.8, 4) is 0 Å². The van der Waals surface area contributed by atoms with E-state index in [0.717, 1.165) is 11.1 Å². The number of rotatable bonds is 7. The molecule has 0 aliphatic rings. The first-order valence-corrected chi connectivity index (χ1v) is 9.31. The maximum Gasteiger partial charge on any atom is 0.234 e. The minimum atomic E-state index is -3.63. The van der Waals surface area contributed by atoms with Crippen LogP contribution >= 0.6 is 0 Å². The van der Waals surface area contributed by atoms with E-state index in [1.54, 1.807) is 18.5 Å². The molecule has 0 aliphatic heterocycles. The van der Waals surface area contributed by atoms with Gasteiger partial charge >= 0.3 is 0 Å². The molecule has 1 N–H and O–H groups in total. The third-order valence-corrected chi connectivity index (χ3v) is 4.67. The molecule has 1 heterocycles. The first-order valence-electron chi connectivity index (χ1n) is 7.77. The second kappa shape index (κ2) is 7.87. The van der Waals surface area contributed by atoms with Crippen molar-refractivity contribution in [3.05, 3.63) is 89.6 Å². The van der Waals surface area contributed by atoms with Crippen LogP contribution in [0.5, 0.6) is 0 Å². The van der Waals surface area contributed by atoms with Gasteiger partial charge in [0.1, 0.15) is 0 Å². The molecule has 3 rings (SSSR count). The number of aromatic nitrogens is 3. The molecule has 0 fully saturated rings. The number of nitrogens with zero attached hydrogens (tertiary/aromatic N) is 3. The van der Waals surface area contributed by atoms with E-state index in [1.807, 2.05) is 60.7 Å². The van der Waals surface area contributed by atoms with E-state index in [4.69, 9.17) is 0 Å². The van der Waals surface area contributed by atoms with Gasteiger partial charge in [-0.25, -0.2) is 13.1 Å². The normalized spacial score (nSPS) is 13.1. The Balaban J connectivity index is 1.80. The minimum Gasteiger partial charge on any atom is -0.208 e. The largest absolute Gasteiger partial charge is 0.234 e. The summed E-state index contributed by atoms with van der Waals surface area (Å²) in [7, 11) is -3.63. The van der Waals surface area contributed by atoms with Gasteiger partial charge in [0.15, 0.2) is 0 Å². The third kappa shape index (κ3) is 5.10. The highest BCUT2D eigenvalue weighted by molar-refractivity contribution is 7.92. The Kier molecular flexibility index (Phi) is 5.37. The zero-order valence-electron chi connectivity index (χ0n) is 13.4.